The summed E-state index contributed by atoms with van der Waals surface area (Å²) in [5.41, 5.74) is 2.25. The minimum atomic E-state index is 0.248. The molecular formula is C19H29NO. The first-order chi connectivity index (χ1) is 9.91. The van der Waals surface area contributed by atoms with Gasteiger partial charge in [-0.05, 0) is 49.8 Å². The van der Waals surface area contributed by atoms with E-state index in [0.717, 1.165) is 17.9 Å². The molecular weight excluding hydrogens is 258 g/mol. The Kier molecular flexibility index (Phi) is 5.10. The number of aryl methyl sites for hydroxylation is 1. The summed E-state index contributed by atoms with van der Waals surface area (Å²) in [5, 5.41) is 4.90. The van der Waals surface area contributed by atoms with E-state index in [9.17, 15) is 0 Å². The molecule has 0 spiro atoms. The van der Waals surface area contributed by atoms with Crippen LogP contribution in [0.2, 0.25) is 0 Å². The molecule has 1 N–H and O–H groups in total. The molecule has 0 aliphatic heterocycles. The summed E-state index contributed by atoms with van der Waals surface area (Å²) in [6.07, 6.45) is 0. The average Bonchev–Trinajstić information content (AvgIpc) is 2.76. The minimum Gasteiger partial charge on any atom is -0.459 e. The molecule has 0 bridgehead atoms. The van der Waals surface area contributed by atoms with Gasteiger partial charge in [0.2, 0.25) is 0 Å². The van der Waals surface area contributed by atoms with E-state index in [4.69, 9.17) is 4.42 Å². The number of nitrogens with one attached hydrogen (secondary N) is 1. The molecule has 1 heterocycles. The number of furan rings is 1. The van der Waals surface area contributed by atoms with Crippen molar-refractivity contribution in [2.75, 3.05) is 6.54 Å². The Morgan fingerprint density at radius 3 is 2.19 bits per heavy atom. The number of rotatable bonds is 6. The molecule has 0 aliphatic carbocycles. The molecule has 0 saturated carbocycles. The Morgan fingerprint density at radius 2 is 1.62 bits per heavy atom. The van der Waals surface area contributed by atoms with E-state index in [0.29, 0.717) is 17.8 Å². The number of para-hydroxylation sites is 1. The Hall–Kier alpha value is -1.28. The fourth-order valence-corrected chi connectivity index (χ4v) is 3.25. The molecule has 2 aromatic rings. The second-order valence-corrected chi connectivity index (χ2v) is 6.87. The second kappa shape index (κ2) is 6.65. The van der Waals surface area contributed by atoms with Crippen LogP contribution in [0.4, 0.5) is 0 Å². The molecule has 1 aromatic carbocycles. The van der Waals surface area contributed by atoms with Gasteiger partial charge in [0.1, 0.15) is 11.3 Å². The van der Waals surface area contributed by atoms with Crippen molar-refractivity contribution in [3.8, 4) is 0 Å². The monoisotopic (exact) mass is 287 g/mol. The third kappa shape index (κ3) is 3.49. The molecule has 0 aliphatic rings. The van der Waals surface area contributed by atoms with Crippen molar-refractivity contribution in [3.63, 3.8) is 0 Å². The van der Waals surface area contributed by atoms with Crippen molar-refractivity contribution in [2.24, 2.45) is 17.8 Å². The van der Waals surface area contributed by atoms with Crippen molar-refractivity contribution in [1.82, 2.24) is 5.32 Å². The van der Waals surface area contributed by atoms with Crippen LogP contribution in [-0.4, -0.2) is 6.54 Å². The van der Waals surface area contributed by atoms with Gasteiger partial charge in [-0.25, -0.2) is 0 Å². The molecule has 0 amide bonds. The average molecular weight is 287 g/mol. The maximum absolute atomic E-state index is 6.05. The van der Waals surface area contributed by atoms with Crippen LogP contribution in [0.1, 0.15) is 52.0 Å². The molecule has 0 radical (unpaired) electrons. The van der Waals surface area contributed by atoms with Gasteiger partial charge >= 0.3 is 0 Å². The molecule has 21 heavy (non-hydrogen) atoms. The van der Waals surface area contributed by atoms with Gasteiger partial charge in [0, 0.05) is 5.39 Å². The van der Waals surface area contributed by atoms with Gasteiger partial charge in [-0.3, -0.25) is 0 Å². The van der Waals surface area contributed by atoms with Crippen molar-refractivity contribution >= 4 is 11.0 Å². The normalized spacial score (nSPS) is 13.8. The largest absolute Gasteiger partial charge is 0.459 e. The molecule has 1 aromatic heterocycles. The topological polar surface area (TPSA) is 25.2 Å². The minimum absolute atomic E-state index is 0.248. The molecule has 2 rings (SSSR count). The van der Waals surface area contributed by atoms with Gasteiger partial charge in [0.05, 0.1) is 6.04 Å². The molecule has 1 unspecified atom stereocenters. The van der Waals surface area contributed by atoms with Gasteiger partial charge in [0.25, 0.3) is 0 Å². The fraction of sp³-hybridized carbons (Fsp3) is 0.579. The lowest BCUT2D eigenvalue weighted by Crippen LogP contribution is -2.31. The van der Waals surface area contributed by atoms with E-state index >= 15 is 0 Å². The molecule has 2 nitrogen and oxygen atoms in total. The van der Waals surface area contributed by atoms with Crippen molar-refractivity contribution in [2.45, 2.75) is 47.6 Å². The van der Waals surface area contributed by atoms with Crippen LogP contribution in [-0.2, 0) is 0 Å². The lowest BCUT2D eigenvalue weighted by atomic mass is 9.85. The molecule has 2 heteroatoms. The summed E-state index contributed by atoms with van der Waals surface area (Å²) in [4.78, 5) is 0. The Morgan fingerprint density at radius 1 is 1.00 bits per heavy atom. The molecule has 0 fully saturated rings. The first kappa shape index (κ1) is 16.1. The highest BCUT2D eigenvalue weighted by atomic mass is 16.3. The Bertz CT molecular complexity index is 574. The smallest absolute Gasteiger partial charge is 0.134 e. The maximum atomic E-state index is 6.05. The van der Waals surface area contributed by atoms with Crippen LogP contribution in [0.25, 0.3) is 11.0 Å². The van der Waals surface area contributed by atoms with E-state index in [1.165, 1.54) is 10.9 Å². The van der Waals surface area contributed by atoms with Gasteiger partial charge in [-0.2, -0.15) is 0 Å². The zero-order valence-corrected chi connectivity index (χ0v) is 14.2. The highest BCUT2D eigenvalue weighted by Crippen LogP contribution is 2.29. The zero-order valence-electron chi connectivity index (χ0n) is 14.2. The fourth-order valence-electron chi connectivity index (χ4n) is 3.25. The number of hydrogen-bond donors (Lipinski definition) is 1. The Balaban J connectivity index is 2.12. The van der Waals surface area contributed by atoms with Crippen LogP contribution in [0.15, 0.2) is 28.7 Å². The van der Waals surface area contributed by atoms with E-state index in [2.05, 4.69) is 59.0 Å². The van der Waals surface area contributed by atoms with E-state index in [1.807, 2.05) is 12.1 Å². The van der Waals surface area contributed by atoms with Crippen LogP contribution < -0.4 is 5.32 Å². The second-order valence-electron chi connectivity index (χ2n) is 6.87. The highest BCUT2D eigenvalue weighted by molar-refractivity contribution is 5.82. The zero-order chi connectivity index (χ0) is 15.6. The van der Waals surface area contributed by atoms with Gasteiger partial charge in [0.15, 0.2) is 0 Å². The quantitative estimate of drug-likeness (QED) is 0.777. The number of hydrogen-bond acceptors (Lipinski definition) is 2. The van der Waals surface area contributed by atoms with E-state index in [1.54, 1.807) is 0 Å². The third-order valence-electron chi connectivity index (χ3n) is 4.65. The van der Waals surface area contributed by atoms with Crippen LogP contribution >= 0.6 is 0 Å². The predicted molar refractivity (Wildman–Crippen MR) is 90.5 cm³/mol. The lowest BCUT2D eigenvalue weighted by Gasteiger charge is -2.26. The summed E-state index contributed by atoms with van der Waals surface area (Å²) in [5.74, 6) is 3.16. The summed E-state index contributed by atoms with van der Waals surface area (Å²) < 4.78 is 6.05. The van der Waals surface area contributed by atoms with Gasteiger partial charge in [-0.15, -0.1) is 0 Å². The van der Waals surface area contributed by atoms with Crippen LogP contribution in [0, 0.1) is 24.7 Å². The third-order valence-corrected chi connectivity index (χ3v) is 4.65. The molecule has 1 atom stereocenters. The maximum Gasteiger partial charge on any atom is 0.134 e. The standard InChI is InChI=1S/C19H29NO/c1-12(2)17(13(3)4)11-20-15(6)19-14(5)16-9-7-8-10-18(16)21-19/h7-10,12-13,15,17,20H,11H2,1-6H3. The molecule has 116 valence electrons. The van der Waals surface area contributed by atoms with Gasteiger partial charge < -0.3 is 9.73 Å². The summed E-state index contributed by atoms with van der Waals surface area (Å²) in [7, 11) is 0. The van der Waals surface area contributed by atoms with Crippen molar-refractivity contribution in [3.05, 3.63) is 35.6 Å². The number of benzene rings is 1. The first-order valence-electron chi connectivity index (χ1n) is 8.13. The Labute approximate surface area is 128 Å². The van der Waals surface area contributed by atoms with Gasteiger partial charge in [-0.1, -0.05) is 45.9 Å². The first-order valence-corrected chi connectivity index (χ1v) is 8.13. The SMILES string of the molecule is Cc1c(C(C)NCC(C(C)C)C(C)C)oc2ccccc12. The lowest BCUT2D eigenvalue weighted by molar-refractivity contribution is 0.263. The summed E-state index contributed by atoms with van der Waals surface area (Å²) in [6, 6.07) is 8.53. The van der Waals surface area contributed by atoms with Crippen LogP contribution in [0.5, 0.6) is 0 Å². The van der Waals surface area contributed by atoms with Crippen molar-refractivity contribution < 1.29 is 4.42 Å². The summed E-state index contributed by atoms with van der Waals surface area (Å²) >= 11 is 0. The highest BCUT2D eigenvalue weighted by Gasteiger charge is 2.21. The number of fused-ring (bicyclic) bond motifs is 1. The molecule has 0 saturated heterocycles. The van der Waals surface area contributed by atoms with E-state index in [-0.39, 0.29) is 6.04 Å². The van der Waals surface area contributed by atoms with Crippen LogP contribution in [0.3, 0.4) is 0 Å². The van der Waals surface area contributed by atoms with E-state index < -0.39 is 0 Å². The summed E-state index contributed by atoms with van der Waals surface area (Å²) in [6.45, 7) is 14.6. The van der Waals surface area contributed by atoms with Crippen molar-refractivity contribution in [1.29, 1.82) is 0 Å². The predicted octanol–water partition coefficient (Wildman–Crippen LogP) is 5.32.